The molecule has 1 N–H and O–H groups in total. The molecule has 1 heterocycles. The third-order valence-corrected chi connectivity index (χ3v) is 3.45. The van der Waals surface area contributed by atoms with Gasteiger partial charge in [-0.3, -0.25) is 0 Å². The first-order valence-electron chi connectivity index (χ1n) is 5.60. The summed E-state index contributed by atoms with van der Waals surface area (Å²) < 4.78 is 5.33. The van der Waals surface area contributed by atoms with Gasteiger partial charge in [0.25, 0.3) is 0 Å². The van der Waals surface area contributed by atoms with Gasteiger partial charge in [0.05, 0.1) is 18.8 Å². The molecule has 90 valence electrons. The molecule has 0 bridgehead atoms. The van der Waals surface area contributed by atoms with Crippen LogP contribution in [0.3, 0.4) is 0 Å². The smallest absolute Gasteiger partial charge is 0.111 e. The Balaban J connectivity index is 2.25. The van der Waals surface area contributed by atoms with E-state index in [-0.39, 0.29) is 6.61 Å². The maximum Gasteiger partial charge on any atom is 0.111 e. The van der Waals surface area contributed by atoms with Crippen LogP contribution in [-0.4, -0.2) is 18.3 Å². The van der Waals surface area contributed by atoms with Crippen LogP contribution in [0.1, 0.15) is 24.5 Å². The van der Waals surface area contributed by atoms with Crippen molar-refractivity contribution in [2.24, 2.45) is 5.41 Å². The van der Waals surface area contributed by atoms with Crippen molar-refractivity contribution in [2.45, 2.75) is 18.9 Å². The molecule has 2 rings (SSSR count). The van der Waals surface area contributed by atoms with Crippen LogP contribution in [0, 0.1) is 16.7 Å². The predicted molar refractivity (Wildman–Crippen MR) is 64.5 cm³/mol. The molecule has 0 spiro atoms. The van der Waals surface area contributed by atoms with Gasteiger partial charge in [0.15, 0.2) is 0 Å². The number of aliphatic hydroxyl groups excluding tert-OH is 1. The maximum atomic E-state index is 10.3. The average Bonchev–Trinajstić information content (AvgIpc) is 2.39. The van der Waals surface area contributed by atoms with Crippen molar-refractivity contribution in [3.05, 3.63) is 34.9 Å². The summed E-state index contributed by atoms with van der Waals surface area (Å²) in [6.45, 7) is 0.948. The molecule has 2 atom stereocenters. The molecule has 2 unspecified atom stereocenters. The molecule has 3 nitrogen and oxygen atoms in total. The minimum absolute atomic E-state index is 0.285. The molecule has 1 aromatic rings. The van der Waals surface area contributed by atoms with Crippen LogP contribution in [0.4, 0.5) is 0 Å². The zero-order valence-corrected chi connectivity index (χ0v) is 10.2. The lowest BCUT2D eigenvalue weighted by Gasteiger charge is -2.34. The highest BCUT2D eigenvalue weighted by Crippen LogP contribution is 2.40. The number of ether oxygens (including phenoxy) is 1. The number of nitrogens with zero attached hydrogens (tertiary/aromatic N) is 1. The standard InChI is InChI=1S/C13H14ClNO2/c14-11-4-2-10(3-5-11)12(16)13(8-15)6-1-7-17-9-13/h2-5,12,16H,1,6-7,9H2. The zero-order chi connectivity index (χ0) is 12.3. The van der Waals surface area contributed by atoms with E-state index in [0.717, 1.165) is 6.42 Å². The Hall–Kier alpha value is -1.08. The minimum Gasteiger partial charge on any atom is -0.387 e. The summed E-state index contributed by atoms with van der Waals surface area (Å²) in [7, 11) is 0. The molecule has 1 aliphatic rings. The summed E-state index contributed by atoms with van der Waals surface area (Å²) in [6, 6.07) is 9.16. The molecule has 0 aliphatic carbocycles. The minimum atomic E-state index is -0.829. The van der Waals surface area contributed by atoms with Gasteiger partial charge in [-0.2, -0.15) is 5.26 Å². The van der Waals surface area contributed by atoms with E-state index >= 15 is 0 Å². The van der Waals surface area contributed by atoms with Crippen LogP contribution in [0.5, 0.6) is 0 Å². The topological polar surface area (TPSA) is 53.2 Å². The van der Waals surface area contributed by atoms with Gasteiger partial charge in [0, 0.05) is 11.6 Å². The first-order chi connectivity index (χ1) is 8.18. The number of halogens is 1. The van der Waals surface area contributed by atoms with Crippen LogP contribution in [0.25, 0.3) is 0 Å². The quantitative estimate of drug-likeness (QED) is 0.879. The monoisotopic (exact) mass is 251 g/mol. The lowest BCUT2D eigenvalue weighted by molar-refractivity contribution is -0.0505. The van der Waals surface area contributed by atoms with Gasteiger partial charge in [-0.15, -0.1) is 0 Å². The molecule has 1 saturated heterocycles. The number of hydrogen-bond donors (Lipinski definition) is 1. The summed E-state index contributed by atoms with van der Waals surface area (Å²) in [4.78, 5) is 0. The molecule has 0 saturated carbocycles. The van der Waals surface area contributed by atoms with E-state index in [2.05, 4.69) is 6.07 Å². The van der Waals surface area contributed by atoms with E-state index in [1.165, 1.54) is 0 Å². The molecule has 4 heteroatoms. The highest BCUT2D eigenvalue weighted by Gasteiger charge is 2.41. The Bertz CT molecular complexity index is 418. The summed E-state index contributed by atoms with van der Waals surface area (Å²) in [5.74, 6) is 0. The molecule has 0 aromatic heterocycles. The number of nitriles is 1. The summed E-state index contributed by atoms with van der Waals surface area (Å²) in [5, 5.41) is 20.3. The molecule has 0 radical (unpaired) electrons. The number of rotatable bonds is 2. The third kappa shape index (κ3) is 2.44. The lowest BCUT2D eigenvalue weighted by Crippen LogP contribution is -2.36. The van der Waals surface area contributed by atoms with E-state index in [1.807, 2.05) is 0 Å². The summed E-state index contributed by atoms with van der Waals surface area (Å²) >= 11 is 5.80. The normalized spacial score (nSPS) is 26.2. The fourth-order valence-electron chi connectivity index (χ4n) is 2.15. The van der Waals surface area contributed by atoms with Crippen molar-refractivity contribution in [1.82, 2.24) is 0 Å². The van der Waals surface area contributed by atoms with E-state index in [9.17, 15) is 10.4 Å². The van der Waals surface area contributed by atoms with Crippen molar-refractivity contribution in [3.8, 4) is 6.07 Å². The highest BCUT2D eigenvalue weighted by atomic mass is 35.5. The Morgan fingerprint density at radius 3 is 2.65 bits per heavy atom. The number of hydrogen-bond acceptors (Lipinski definition) is 3. The summed E-state index contributed by atoms with van der Waals surface area (Å²) in [6.07, 6.45) is 0.635. The average molecular weight is 252 g/mol. The van der Waals surface area contributed by atoms with Crippen molar-refractivity contribution in [3.63, 3.8) is 0 Å². The molecule has 17 heavy (non-hydrogen) atoms. The Labute approximate surface area is 106 Å². The Morgan fingerprint density at radius 2 is 2.12 bits per heavy atom. The van der Waals surface area contributed by atoms with Crippen LogP contribution in [0.15, 0.2) is 24.3 Å². The van der Waals surface area contributed by atoms with E-state index in [1.54, 1.807) is 24.3 Å². The van der Waals surface area contributed by atoms with Crippen LogP contribution >= 0.6 is 11.6 Å². The van der Waals surface area contributed by atoms with Crippen molar-refractivity contribution in [1.29, 1.82) is 5.26 Å². The van der Waals surface area contributed by atoms with Gasteiger partial charge in [-0.25, -0.2) is 0 Å². The fraction of sp³-hybridized carbons (Fsp3) is 0.462. The first-order valence-corrected chi connectivity index (χ1v) is 5.98. The van der Waals surface area contributed by atoms with Crippen molar-refractivity contribution in [2.75, 3.05) is 13.2 Å². The second kappa shape index (κ2) is 5.05. The SMILES string of the molecule is N#CC1(C(O)c2ccc(Cl)cc2)CCCOC1. The number of benzene rings is 1. The molecule has 1 aromatic carbocycles. The molecule has 1 fully saturated rings. The summed E-state index contributed by atoms with van der Waals surface area (Å²) in [5.41, 5.74) is -0.118. The van der Waals surface area contributed by atoms with E-state index in [4.69, 9.17) is 16.3 Å². The molecular formula is C13H14ClNO2. The molecular weight excluding hydrogens is 238 g/mol. The van der Waals surface area contributed by atoms with Gasteiger partial charge < -0.3 is 9.84 Å². The first kappa shape index (κ1) is 12.4. The molecule has 0 amide bonds. The van der Waals surface area contributed by atoms with Gasteiger partial charge in [-0.05, 0) is 30.5 Å². The lowest BCUT2D eigenvalue weighted by atomic mass is 9.76. The Morgan fingerprint density at radius 1 is 1.41 bits per heavy atom. The second-order valence-electron chi connectivity index (χ2n) is 4.38. The van der Waals surface area contributed by atoms with Crippen molar-refractivity contribution >= 4 is 11.6 Å². The fourth-order valence-corrected chi connectivity index (χ4v) is 2.27. The van der Waals surface area contributed by atoms with Crippen molar-refractivity contribution < 1.29 is 9.84 Å². The third-order valence-electron chi connectivity index (χ3n) is 3.20. The largest absolute Gasteiger partial charge is 0.387 e. The van der Waals surface area contributed by atoms with Gasteiger partial charge in [-0.1, -0.05) is 23.7 Å². The van der Waals surface area contributed by atoms with Crippen LogP contribution < -0.4 is 0 Å². The zero-order valence-electron chi connectivity index (χ0n) is 9.40. The van der Waals surface area contributed by atoms with Gasteiger partial charge in [0.2, 0.25) is 0 Å². The highest BCUT2D eigenvalue weighted by molar-refractivity contribution is 6.30. The van der Waals surface area contributed by atoms with Gasteiger partial charge in [0.1, 0.15) is 5.41 Å². The van der Waals surface area contributed by atoms with Crippen LogP contribution in [-0.2, 0) is 4.74 Å². The molecule has 1 aliphatic heterocycles. The Kier molecular flexibility index (Phi) is 3.68. The van der Waals surface area contributed by atoms with Crippen LogP contribution in [0.2, 0.25) is 5.02 Å². The predicted octanol–water partition coefficient (Wildman–Crippen LogP) is 2.69. The maximum absolute atomic E-state index is 10.3. The van der Waals surface area contributed by atoms with Gasteiger partial charge >= 0.3 is 0 Å². The van der Waals surface area contributed by atoms with E-state index in [0.29, 0.717) is 23.6 Å². The van der Waals surface area contributed by atoms with E-state index < -0.39 is 11.5 Å². The number of aliphatic hydroxyl groups is 1. The second-order valence-corrected chi connectivity index (χ2v) is 4.81.